The molecule has 0 radical (unpaired) electrons. The van der Waals surface area contributed by atoms with Gasteiger partial charge in [0, 0.05) is 7.05 Å². The second kappa shape index (κ2) is 8.89. The van der Waals surface area contributed by atoms with Crippen molar-refractivity contribution in [2.45, 2.75) is 26.4 Å². The summed E-state index contributed by atoms with van der Waals surface area (Å²) in [6.45, 7) is 4.10. The van der Waals surface area contributed by atoms with Crippen LogP contribution >= 0.6 is 15.9 Å². The van der Waals surface area contributed by atoms with Crippen LogP contribution in [0.3, 0.4) is 0 Å². The molecule has 0 aliphatic rings. The van der Waals surface area contributed by atoms with Gasteiger partial charge in [-0.1, -0.05) is 26.0 Å². The van der Waals surface area contributed by atoms with Crippen molar-refractivity contribution in [3.05, 3.63) is 52.4 Å². The number of likely N-dealkylation sites (N-methyl/N-ethyl adjacent to an activating group) is 1. The summed E-state index contributed by atoms with van der Waals surface area (Å²) in [7, 11) is 3.19. The topological polar surface area (TPSA) is 71.8 Å². The minimum atomic E-state index is -0.657. The smallest absolute Gasteiger partial charge is 0.255 e. The van der Waals surface area contributed by atoms with E-state index in [1.807, 2.05) is 13.8 Å². The zero-order valence-corrected chi connectivity index (χ0v) is 16.9. The Kier molecular flexibility index (Phi) is 6.85. The molecule has 0 saturated carbocycles. The van der Waals surface area contributed by atoms with E-state index in [1.165, 1.54) is 7.11 Å². The zero-order valence-electron chi connectivity index (χ0n) is 15.3. The first-order valence-corrected chi connectivity index (χ1v) is 9.05. The Balaban J connectivity index is 2.12. The zero-order chi connectivity index (χ0) is 19.3. The highest BCUT2D eigenvalue weighted by molar-refractivity contribution is 9.10. The lowest BCUT2D eigenvalue weighted by Gasteiger charge is -2.26. The Morgan fingerprint density at radius 3 is 2.50 bits per heavy atom. The van der Waals surface area contributed by atoms with Gasteiger partial charge in [-0.3, -0.25) is 9.59 Å². The molecule has 1 aromatic heterocycles. The Labute approximate surface area is 161 Å². The summed E-state index contributed by atoms with van der Waals surface area (Å²) in [5.74, 6) is 0.520. The van der Waals surface area contributed by atoms with Crippen LogP contribution in [0.2, 0.25) is 0 Å². The molecule has 26 heavy (non-hydrogen) atoms. The van der Waals surface area contributed by atoms with E-state index in [-0.39, 0.29) is 17.7 Å². The Bertz CT molecular complexity index is 772. The van der Waals surface area contributed by atoms with E-state index in [1.54, 1.807) is 48.3 Å². The number of carbonyl (C=O) groups is 2. The number of rotatable bonds is 7. The number of carbonyl (C=O) groups excluding carboxylic acids is 2. The number of benzene rings is 1. The third kappa shape index (κ3) is 4.88. The highest BCUT2D eigenvalue weighted by atomic mass is 79.9. The number of amides is 2. The fourth-order valence-corrected chi connectivity index (χ4v) is 2.89. The van der Waals surface area contributed by atoms with Crippen molar-refractivity contribution in [1.29, 1.82) is 0 Å². The normalized spacial score (nSPS) is 11.9. The van der Waals surface area contributed by atoms with Crippen LogP contribution in [0, 0.1) is 5.92 Å². The van der Waals surface area contributed by atoms with Gasteiger partial charge in [-0.15, -0.1) is 0 Å². The van der Waals surface area contributed by atoms with Crippen LogP contribution in [0.15, 0.2) is 45.5 Å². The number of methoxy groups -OCH3 is 1. The van der Waals surface area contributed by atoms with Crippen LogP contribution in [0.25, 0.3) is 0 Å². The van der Waals surface area contributed by atoms with Gasteiger partial charge in [0.05, 0.1) is 19.2 Å². The quantitative estimate of drug-likeness (QED) is 0.741. The summed E-state index contributed by atoms with van der Waals surface area (Å²) in [4.78, 5) is 27.0. The van der Waals surface area contributed by atoms with Crippen molar-refractivity contribution in [1.82, 2.24) is 10.2 Å². The second-order valence-corrected chi connectivity index (χ2v) is 7.08. The number of nitrogens with one attached hydrogen (secondary N) is 1. The molecule has 0 aliphatic carbocycles. The van der Waals surface area contributed by atoms with Gasteiger partial charge >= 0.3 is 0 Å². The molecule has 2 amide bonds. The van der Waals surface area contributed by atoms with Crippen LogP contribution in [0.4, 0.5) is 0 Å². The maximum atomic E-state index is 12.8. The van der Waals surface area contributed by atoms with Crippen molar-refractivity contribution in [3.8, 4) is 5.75 Å². The number of nitrogens with zero attached hydrogens (tertiary/aromatic N) is 1. The number of para-hydroxylation sites is 1. The van der Waals surface area contributed by atoms with E-state index < -0.39 is 6.04 Å². The van der Waals surface area contributed by atoms with E-state index in [9.17, 15) is 9.59 Å². The Morgan fingerprint density at radius 2 is 1.92 bits per heavy atom. The molecule has 1 unspecified atom stereocenters. The molecule has 0 bridgehead atoms. The van der Waals surface area contributed by atoms with Crippen LogP contribution in [-0.2, 0) is 11.3 Å². The third-order valence-corrected chi connectivity index (χ3v) is 4.40. The van der Waals surface area contributed by atoms with E-state index in [0.717, 1.165) is 0 Å². The van der Waals surface area contributed by atoms with Crippen molar-refractivity contribution in [3.63, 3.8) is 0 Å². The molecule has 0 spiro atoms. The summed E-state index contributed by atoms with van der Waals surface area (Å²) in [6.07, 6.45) is 0. The molecular formula is C19H23BrN2O4. The number of ether oxygens (including phenoxy) is 1. The minimum absolute atomic E-state index is 0.0769. The SMILES string of the molecule is COc1ccccc1C(=O)NC(C(=O)N(C)Cc1ccc(Br)o1)C(C)C. The van der Waals surface area contributed by atoms with E-state index in [4.69, 9.17) is 9.15 Å². The predicted molar refractivity (Wildman–Crippen MR) is 102 cm³/mol. The molecule has 1 heterocycles. The van der Waals surface area contributed by atoms with Gasteiger partial charge in [0.15, 0.2) is 4.67 Å². The molecule has 140 valence electrons. The van der Waals surface area contributed by atoms with Crippen molar-refractivity contribution < 1.29 is 18.7 Å². The fraction of sp³-hybridized carbons (Fsp3) is 0.368. The largest absolute Gasteiger partial charge is 0.496 e. The molecule has 0 saturated heterocycles. The van der Waals surface area contributed by atoms with Gasteiger partial charge in [0.1, 0.15) is 17.6 Å². The Morgan fingerprint density at radius 1 is 1.23 bits per heavy atom. The lowest BCUT2D eigenvalue weighted by Crippen LogP contribution is -2.50. The molecule has 2 aromatic rings. The van der Waals surface area contributed by atoms with Crippen molar-refractivity contribution >= 4 is 27.7 Å². The van der Waals surface area contributed by atoms with Crippen LogP contribution in [-0.4, -0.2) is 36.9 Å². The predicted octanol–water partition coefficient (Wildman–Crippen LogP) is 3.46. The highest BCUT2D eigenvalue weighted by Gasteiger charge is 2.28. The molecule has 6 nitrogen and oxygen atoms in total. The summed E-state index contributed by atoms with van der Waals surface area (Å²) < 4.78 is 11.3. The molecule has 1 atom stereocenters. The van der Waals surface area contributed by atoms with E-state index in [0.29, 0.717) is 28.3 Å². The summed E-state index contributed by atoms with van der Waals surface area (Å²) in [5, 5.41) is 2.83. The van der Waals surface area contributed by atoms with Crippen molar-refractivity contribution in [2.24, 2.45) is 5.92 Å². The summed E-state index contributed by atoms with van der Waals surface area (Å²) in [6, 6.07) is 9.83. The molecule has 2 rings (SSSR count). The van der Waals surface area contributed by atoms with E-state index in [2.05, 4.69) is 21.2 Å². The van der Waals surface area contributed by atoms with E-state index >= 15 is 0 Å². The number of hydrogen-bond donors (Lipinski definition) is 1. The molecule has 0 aliphatic heterocycles. The van der Waals surface area contributed by atoms with Gasteiger partial charge in [0.25, 0.3) is 5.91 Å². The first-order valence-electron chi connectivity index (χ1n) is 8.26. The van der Waals surface area contributed by atoms with Crippen LogP contribution in [0.1, 0.15) is 30.0 Å². The molecule has 1 aromatic carbocycles. The Hall–Kier alpha value is -2.28. The first-order chi connectivity index (χ1) is 12.3. The van der Waals surface area contributed by atoms with Gasteiger partial charge in [-0.05, 0) is 46.1 Å². The lowest BCUT2D eigenvalue weighted by atomic mass is 10.0. The maximum absolute atomic E-state index is 12.8. The average Bonchev–Trinajstić information content (AvgIpc) is 3.03. The van der Waals surface area contributed by atoms with Gasteiger partial charge in [-0.2, -0.15) is 0 Å². The number of furan rings is 1. The first kappa shape index (κ1) is 20.0. The van der Waals surface area contributed by atoms with Crippen LogP contribution < -0.4 is 10.1 Å². The van der Waals surface area contributed by atoms with Gasteiger partial charge < -0.3 is 19.4 Å². The number of halogens is 1. The molecular weight excluding hydrogens is 400 g/mol. The maximum Gasteiger partial charge on any atom is 0.255 e. The van der Waals surface area contributed by atoms with Crippen molar-refractivity contribution in [2.75, 3.05) is 14.2 Å². The van der Waals surface area contributed by atoms with Crippen LogP contribution in [0.5, 0.6) is 5.75 Å². The third-order valence-electron chi connectivity index (χ3n) is 3.97. The average molecular weight is 423 g/mol. The monoisotopic (exact) mass is 422 g/mol. The summed E-state index contributed by atoms with van der Waals surface area (Å²) in [5.41, 5.74) is 0.395. The standard InChI is InChI=1S/C19H23BrN2O4/c1-12(2)17(19(24)22(3)11-13-9-10-16(20)26-13)21-18(23)14-7-5-6-8-15(14)25-4/h5-10,12,17H,11H2,1-4H3,(H,21,23). The van der Waals surface area contributed by atoms with Gasteiger partial charge in [0.2, 0.25) is 5.91 Å². The molecule has 7 heteroatoms. The molecule has 0 fully saturated rings. The lowest BCUT2D eigenvalue weighted by molar-refractivity contribution is -0.133. The van der Waals surface area contributed by atoms with Gasteiger partial charge in [-0.25, -0.2) is 0 Å². The summed E-state index contributed by atoms with van der Waals surface area (Å²) >= 11 is 3.24. The minimum Gasteiger partial charge on any atom is -0.496 e. The molecule has 1 N–H and O–H groups in total. The fourth-order valence-electron chi connectivity index (χ4n) is 2.55. The highest BCUT2D eigenvalue weighted by Crippen LogP contribution is 2.19. The number of hydrogen-bond acceptors (Lipinski definition) is 4. The second-order valence-electron chi connectivity index (χ2n) is 6.30.